The van der Waals surface area contributed by atoms with Crippen LogP contribution in [0.5, 0.6) is 5.75 Å². The molecular weight excluding hydrogens is 230 g/mol. The minimum absolute atomic E-state index is 0.00514. The van der Waals surface area contributed by atoms with Crippen molar-refractivity contribution in [3.8, 4) is 11.8 Å². The van der Waals surface area contributed by atoms with E-state index in [-0.39, 0.29) is 17.9 Å². The first-order valence-corrected chi connectivity index (χ1v) is 4.72. The van der Waals surface area contributed by atoms with Gasteiger partial charge in [-0.05, 0) is 12.1 Å². The Morgan fingerprint density at radius 2 is 2.18 bits per heavy atom. The molecular formula is C11H10F2N2O2. The zero-order valence-corrected chi connectivity index (χ0v) is 9.06. The Labute approximate surface area is 97.0 Å². The van der Waals surface area contributed by atoms with Crippen molar-refractivity contribution in [1.29, 1.82) is 5.26 Å². The van der Waals surface area contributed by atoms with Crippen molar-refractivity contribution in [2.24, 2.45) is 0 Å². The molecule has 6 heteroatoms. The fourth-order valence-electron chi connectivity index (χ4n) is 1.23. The third kappa shape index (κ3) is 3.41. The molecule has 0 heterocycles. The van der Waals surface area contributed by atoms with Crippen molar-refractivity contribution >= 4 is 5.91 Å². The van der Waals surface area contributed by atoms with Gasteiger partial charge in [-0.1, -0.05) is 12.1 Å². The smallest absolute Gasteiger partial charge is 0.387 e. The number of hydrogen-bond acceptors (Lipinski definition) is 3. The number of carbonyl (C=O) groups is 1. The SMILES string of the molecule is CN(CC#N)C(=O)c1ccccc1OC(F)F. The van der Waals surface area contributed by atoms with Gasteiger partial charge in [0.05, 0.1) is 11.6 Å². The highest BCUT2D eigenvalue weighted by Crippen LogP contribution is 2.21. The van der Waals surface area contributed by atoms with E-state index in [4.69, 9.17) is 5.26 Å². The van der Waals surface area contributed by atoms with Crippen LogP contribution in [0.1, 0.15) is 10.4 Å². The van der Waals surface area contributed by atoms with Crippen LogP contribution in [0, 0.1) is 11.3 Å². The standard InChI is InChI=1S/C11H10F2N2O2/c1-15(7-6-14)10(16)8-4-2-3-5-9(8)17-11(12)13/h2-5,11H,7H2,1H3. The van der Waals surface area contributed by atoms with E-state index in [1.54, 1.807) is 6.07 Å². The van der Waals surface area contributed by atoms with Crippen LogP contribution in [-0.4, -0.2) is 31.0 Å². The topological polar surface area (TPSA) is 53.3 Å². The normalized spacial score (nSPS) is 9.82. The Hall–Kier alpha value is -2.16. The number of amides is 1. The molecule has 0 bridgehead atoms. The Morgan fingerprint density at radius 1 is 1.53 bits per heavy atom. The summed E-state index contributed by atoms with van der Waals surface area (Å²) in [4.78, 5) is 12.9. The molecule has 0 atom stereocenters. The predicted molar refractivity (Wildman–Crippen MR) is 55.6 cm³/mol. The summed E-state index contributed by atoms with van der Waals surface area (Å²) in [6.45, 7) is -3.12. The lowest BCUT2D eigenvalue weighted by molar-refractivity contribution is -0.0502. The van der Waals surface area contributed by atoms with E-state index in [0.29, 0.717) is 0 Å². The van der Waals surface area contributed by atoms with Gasteiger partial charge < -0.3 is 9.64 Å². The maximum atomic E-state index is 12.1. The molecule has 1 aromatic rings. The molecule has 0 unspecified atom stereocenters. The molecule has 1 rings (SSSR count). The molecule has 1 amide bonds. The van der Waals surface area contributed by atoms with Crippen LogP contribution in [0.4, 0.5) is 8.78 Å². The molecule has 0 aliphatic carbocycles. The summed E-state index contributed by atoms with van der Waals surface area (Å²) in [6, 6.07) is 7.46. The number of nitriles is 1. The lowest BCUT2D eigenvalue weighted by atomic mass is 10.2. The molecule has 4 nitrogen and oxygen atoms in total. The minimum Gasteiger partial charge on any atom is -0.434 e. The van der Waals surface area contributed by atoms with Gasteiger partial charge in [0, 0.05) is 7.05 Å². The van der Waals surface area contributed by atoms with Gasteiger partial charge in [0.15, 0.2) is 0 Å². The quantitative estimate of drug-likeness (QED) is 0.755. The Bertz CT molecular complexity index is 443. The molecule has 0 aromatic heterocycles. The first kappa shape index (κ1) is 12.9. The fourth-order valence-corrected chi connectivity index (χ4v) is 1.23. The van der Waals surface area contributed by atoms with Gasteiger partial charge in [0.25, 0.3) is 5.91 Å². The number of benzene rings is 1. The van der Waals surface area contributed by atoms with E-state index < -0.39 is 12.5 Å². The summed E-state index contributed by atoms with van der Waals surface area (Å²) in [5.74, 6) is -0.736. The highest BCUT2D eigenvalue weighted by atomic mass is 19.3. The van der Waals surface area contributed by atoms with Crippen molar-refractivity contribution < 1.29 is 18.3 Å². The number of carbonyl (C=O) groups excluding carboxylic acids is 1. The number of rotatable bonds is 4. The maximum absolute atomic E-state index is 12.1. The summed E-state index contributed by atoms with van der Waals surface area (Å²) >= 11 is 0. The molecule has 0 saturated heterocycles. The van der Waals surface area contributed by atoms with Crippen molar-refractivity contribution in [2.45, 2.75) is 6.61 Å². The van der Waals surface area contributed by atoms with Crippen LogP contribution in [-0.2, 0) is 0 Å². The summed E-state index contributed by atoms with van der Waals surface area (Å²) in [5, 5.41) is 8.45. The molecule has 0 fully saturated rings. The van der Waals surface area contributed by atoms with Crippen molar-refractivity contribution in [1.82, 2.24) is 4.90 Å². The molecule has 0 radical (unpaired) electrons. The van der Waals surface area contributed by atoms with Gasteiger partial charge in [0.2, 0.25) is 0 Å². The zero-order chi connectivity index (χ0) is 12.8. The first-order chi connectivity index (χ1) is 8.06. The van der Waals surface area contributed by atoms with Crippen LogP contribution >= 0.6 is 0 Å². The average molecular weight is 240 g/mol. The lowest BCUT2D eigenvalue weighted by Crippen LogP contribution is -2.27. The number of halogens is 2. The largest absolute Gasteiger partial charge is 0.434 e. The molecule has 0 saturated carbocycles. The van der Waals surface area contributed by atoms with Crippen LogP contribution in [0.25, 0.3) is 0 Å². The molecule has 0 aliphatic heterocycles. The highest BCUT2D eigenvalue weighted by molar-refractivity contribution is 5.96. The van der Waals surface area contributed by atoms with Gasteiger partial charge in [-0.3, -0.25) is 4.79 Å². The fraction of sp³-hybridized carbons (Fsp3) is 0.273. The van der Waals surface area contributed by atoms with Crippen molar-refractivity contribution in [2.75, 3.05) is 13.6 Å². The lowest BCUT2D eigenvalue weighted by Gasteiger charge is -2.15. The Morgan fingerprint density at radius 3 is 2.76 bits per heavy atom. The van der Waals surface area contributed by atoms with Gasteiger partial charge in [-0.25, -0.2) is 0 Å². The first-order valence-electron chi connectivity index (χ1n) is 4.72. The summed E-state index contributed by atoms with van der Waals surface area (Å²) < 4.78 is 28.5. The summed E-state index contributed by atoms with van der Waals surface area (Å²) in [7, 11) is 1.41. The van der Waals surface area contributed by atoms with E-state index in [0.717, 1.165) is 4.90 Å². The molecule has 90 valence electrons. The van der Waals surface area contributed by atoms with E-state index in [9.17, 15) is 13.6 Å². The zero-order valence-electron chi connectivity index (χ0n) is 9.06. The Kier molecular flexibility index (Phi) is 4.40. The molecule has 0 aliphatic rings. The molecule has 0 spiro atoms. The summed E-state index contributed by atoms with van der Waals surface area (Å²) in [5.41, 5.74) is 0.00514. The number of nitrogens with zero attached hydrogens (tertiary/aromatic N) is 2. The van der Waals surface area contributed by atoms with E-state index in [1.165, 1.54) is 31.3 Å². The third-order valence-corrected chi connectivity index (χ3v) is 1.99. The average Bonchev–Trinajstić information content (AvgIpc) is 2.28. The maximum Gasteiger partial charge on any atom is 0.387 e. The second kappa shape index (κ2) is 5.80. The van der Waals surface area contributed by atoms with Crippen molar-refractivity contribution in [3.05, 3.63) is 29.8 Å². The highest BCUT2D eigenvalue weighted by Gasteiger charge is 2.18. The molecule has 0 N–H and O–H groups in total. The van der Waals surface area contributed by atoms with Crippen LogP contribution in [0.3, 0.4) is 0 Å². The Balaban J connectivity index is 2.97. The third-order valence-electron chi connectivity index (χ3n) is 1.99. The monoisotopic (exact) mass is 240 g/mol. The molecule has 1 aromatic carbocycles. The van der Waals surface area contributed by atoms with Gasteiger partial charge in [-0.15, -0.1) is 0 Å². The number of alkyl halides is 2. The molecule has 17 heavy (non-hydrogen) atoms. The second-order valence-electron chi connectivity index (χ2n) is 3.19. The van der Waals surface area contributed by atoms with Gasteiger partial charge in [-0.2, -0.15) is 14.0 Å². The second-order valence-corrected chi connectivity index (χ2v) is 3.19. The number of para-hydroxylation sites is 1. The van der Waals surface area contributed by atoms with Crippen LogP contribution < -0.4 is 4.74 Å². The van der Waals surface area contributed by atoms with E-state index >= 15 is 0 Å². The number of hydrogen-bond donors (Lipinski definition) is 0. The van der Waals surface area contributed by atoms with Crippen LogP contribution in [0.15, 0.2) is 24.3 Å². The van der Waals surface area contributed by atoms with E-state index in [2.05, 4.69) is 4.74 Å². The van der Waals surface area contributed by atoms with Gasteiger partial charge in [0.1, 0.15) is 12.3 Å². The summed E-state index contributed by atoms with van der Waals surface area (Å²) in [6.07, 6.45) is 0. The van der Waals surface area contributed by atoms with Crippen molar-refractivity contribution in [3.63, 3.8) is 0 Å². The predicted octanol–water partition coefficient (Wildman–Crippen LogP) is 1.88. The van der Waals surface area contributed by atoms with Crippen LogP contribution in [0.2, 0.25) is 0 Å². The number of ether oxygens (including phenoxy) is 1. The minimum atomic E-state index is -3.00. The van der Waals surface area contributed by atoms with E-state index in [1.807, 2.05) is 0 Å². The van der Waals surface area contributed by atoms with Gasteiger partial charge >= 0.3 is 6.61 Å².